The molecule has 7 heavy (non-hydrogen) atoms. The zero-order valence-corrected chi connectivity index (χ0v) is 4.20. The van der Waals surface area contributed by atoms with Crippen LogP contribution in [0.1, 0.15) is 0 Å². The van der Waals surface area contributed by atoms with E-state index in [4.69, 9.17) is 7.85 Å². The van der Waals surface area contributed by atoms with E-state index >= 15 is 0 Å². The number of hydrogen-bond donors (Lipinski definition) is 0. The number of rotatable bonds is 0. The average molecular weight is 94.9 g/mol. The molecular formula is C3H6BN3. The van der Waals surface area contributed by atoms with E-state index in [0.717, 1.165) is 6.54 Å². The lowest BCUT2D eigenvalue weighted by Crippen LogP contribution is -2.15. The van der Waals surface area contributed by atoms with Gasteiger partial charge in [-0.05, 0) is 0 Å². The summed E-state index contributed by atoms with van der Waals surface area (Å²) in [6.07, 6.45) is 0. The van der Waals surface area contributed by atoms with Gasteiger partial charge in [-0.1, -0.05) is 5.22 Å². The van der Waals surface area contributed by atoms with E-state index in [1.165, 1.54) is 0 Å². The van der Waals surface area contributed by atoms with E-state index in [1.54, 1.807) is 5.01 Å². The highest BCUT2D eigenvalue weighted by Crippen LogP contribution is 2.00. The third-order valence-electron chi connectivity index (χ3n) is 0.804. The van der Waals surface area contributed by atoms with Crippen molar-refractivity contribution in [1.29, 1.82) is 0 Å². The van der Waals surface area contributed by atoms with Crippen molar-refractivity contribution in [2.45, 2.75) is 5.94 Å². The Morgan fingerprint density at radius 1 is 1.86 bits per heavy atom. The fourth-order valence-electron chi connectivity index (χ4n) is 0.498. The van der Waals surface area contributed by atoms with Crippen molar-refractivity contribution in [2.24, 2.45) is 10.3 Å². The van der Waals surface area contributed by atoms with Gasteiger partial charge < -0.3 is 0 Å². The normalized spacial score (nSPS) is 29.3. The molecule has 2 radical (unpaired) electrons. The molecule has 36 valence electrons. The van der Waals surface area contributed by atoms with Crippen LogP contribution in [0.2, 0.25) is 0 Å². The SMILES string of the molecule is [B]C1CN(C)N=N1. The standard InChI is InChI=1S/C3H6BN3/c1-7-2-3(4)5-6-7/h3H,2H2,1H3. The average Bonchev–Trinajstić information content (AvgIpc) is 1.87. The highest BCUT2D eigenvalue weighted by molar-refractivity contribution is 6.12. The zero-order chi connectivity index (χ0) is 5.28. The number of nitrogens with zero attached hydrogens (tertiary/aromatic N) is 3. The molecule has 0 fully saturated rings. The molecule has 0 saturated carbocycles. The predicted octanol–water partition coefficient (Wildman–Crippen LogP) is -0.206. The van der Waals surface area contributed by atoms with Crippen LogP contribution in [-0.2, 0) is 0 Å². The van der Waals surface area contributed by atoms with Crippen LogP contribution in [0.4, 0.5) is 0 Å². The molecule has 0 spiro atoms. The van der Waals surface area contributed by atoms with Gasteiger partial charge in [0.2, 0.25) is 0 Å². The summed E-state index contributed by atoms with van der Waals surface area (Å²) in [7, 11) is 7.17. The van der Waals surface area contributed by atoms with Crippen LogP contribution >= 0.6 is 0 Å². The smallest absolute Gasteiger partial charge is 0.107 e. The van der Waals surface area contributed by atoms with Crippen LogP contribution in [0.5, 0.6) is 0 Å². The molecule has 0 saturated heterocycles. The van der Waals surface area contributed by atoms with Gasteiger partial charge >= 0.3 is 0 Å². The Hall–Kier alpha value is -0.535. The molecule has 0 aliphatic carbocycles. The summed E-state index contributed by atoms with van der Waals surface area (Å²) < 4.78 is 0. The molecule has 0 bridgehead atoms. The summed E-state index contributed by atoms with van der Waals surface area (Å²) in [4.78, 5) is 0. The van der Waals surface area contributed by atoms with Crippen molar-refractivity contribution in [1.82, 2.24) is 5.01 Å². The van der Waals surface area contributed by atoms with Crippen LogP contribution in [0.25, 0.3) is 0 Å². The summed E-state index contributed by atoms with van der Waals surface area (Å²) >= 11 is 0. The lowest BCUT2D eigenvalue weighted by Gasteiger charge is -2.00. The molecule has 0 N–H and O–H groups in total. The Bertz CT molecular complexity index is 82.2. The molecule has 3 nitrogen and oxygen atoms in total. The van der Waals surface area contributed by atoms with Crippen LogP contribution in [0.3, 0.4) is 0 Å². The predicted molar refractivity (Wildman–Crippen MR) is 27.0 cm³/mol. The Balaban J connectivity index is 2.42. The highest BCUT2D eigenvalue weighted by atomic mass is 15.6. The fourth-order valence-corrected chi connectivity index (χ4v) is 0.498. The first-order chi connectivity index (χ1) is 3.29. The monoisotopic (exact) mass is 95.1 g/mol. The van der Waals surface area contributed by atoms with Crippen LogP contribution < -0.4 is 0 Å². The molecule has 1 heterocycles. The Labute approximate surface area is 43.8 Å². The Kier molecular flexibility index (Phi) is 1.00. The molecule has 0 aromatic rings. The van der Waals surface area contributed by atoms with Gasteiger partial charge in [-0.15, -0.1) is 0 Å². The summed E-state index contributed by atoms with van der Waals surface area (Å²) in [5, 5.41) is 9.01. The van der Waals surface area contributed by atoms with Crippen molar-refractivity contribution in [2.75, 3.05) is 13.6 Å². The van der Waals surface area contributed by atoms with Crippen LogP contribution in [-0.4, -0.2) is 32.4 Å². The van der Waals surface area contributed by atoms with E-state index in [9.17, 15) is 0 Å². The van der Waals surface area contributed by atoms with Gasteiger partial charge in [0.1, 0.15) is 7.85 Å². The van der Waals surface area contributed by atoms with E-state index in [2.05, 4.69) is 10.3 Å². The molecule has 0 aromatic carbocycles. The van der Waals surface area contributed by atoms with Gasteiger partial charge in [-0.25, -0.2) is 0 Å². The second kappa shape index (κ2) is 1.52. The third kappa shape index (κ3) is 0.916. The maximum atomic E-state index is 5.32. The second-order valence-electron chi connectivity index (χ2n) is 1.61. The summed E-state index contributed by atoms with van der Waals surface area (Å²) in [5.74, 6) is -0.0926. The van der Waals surface area contributed by atoms with Gasteiger partial charge in [-0.2, -0.15) is 5.11 Å². The summed E-state index contributed by atoms with van der Waals surface area (Å²) in [6, 6.07) is 0. The first kappa shape index (κ1) is 4.62. The molecule has 1 atom stereocenters. The lowest BCUT2D eigenvalue weighted by molar-refractivity contribution is 0.391. The van der Waals surface area contributed by atoms with E-state index in [-0.39, 0.29) is 5.94 Å². The molecule has 1 aliphatic heterocycles. The van der Waals surface area contributed by atoms with Gasteiger partial charge in [0, 0.05) is 7.05 Å². The highest BCUT2D eigenvalue weighted by Gasteiger charge is 2.07. The number of hydrogen-bond acceptors (Lipinski definition) is 3. The minimum atomic E-state index is -0.0926. The van der Waals surface area contributed by atoms with E-state index in [1.807, 2.05) is 7.05 Å². The summed E-state index contributed by atoms with van der Waals surface area (Å²) in [6.45, 7) is 0.750. The van der Waals surface area contributed by atoms with Crippen molar-refractivity contribution in [3.05, 3.63) is 0 Å². The molecule has 1 unspecified atom stereocenters. The fraction of sp³-hybridized carbons (Fsp3) is 1.00. The largest absolute Gasteiger partial charge is 0.280 e. The quantitative estimate of drug-likeness (QED) is 0.382. The first-order valence-electron chi connectivity index (χ1n) is 2.16. The number of likely N-dealkylation sites (N-methyl/N-ethyl adjacent to an activating group) is 1. The maximum absolute atomic E-state index is 5.32. The van der Waals surface area contributed by atoms with Gasteiger partial charge in [0.15, 0.2) is 0 Å². The minimum Gasteiger partial charge on any atom is -0.280 e. The van der Waals surface area contributed by atoms with E-state index in [0.29, 0.717) is 0 Å². The lowest BCUT2D eigenvalue weighted by atomic mass is 9.98. The van der Waals surface area contributed by atoms with Crippen molar-refractivity contribution in [3.8, 4) is 0 Å². The van der Waals surface area contributed by atoms with Gasteiger partial charge in [0.25, 0.3) is 0 Å². The van der Waals surface area contributed by atoms with Crippen LogP contribution in [0.15, 0.2) is 10.3 Å². The van der Waals surface area contributed by atoms with Gasteiger partial charge in [-0.3, -0.25) is 5.01 Å². The molecule has 4 heteroatoms. The first-order valence-corrected chi connectivity index (χ1v) is 2.16. The minimum absolute atomic E-state index is 0.0926. The third-order valence-corrected chi connectivity index (χ3v) is 0.804. The molecular weight excluding hydrogens is 88.9 g/mol. The second-order valence-corrected chi connectivity index (χ2v) is 1.61. The molecule has 0 amide bonds. The molecule has 1 rings (SSSR count). The summed E-state index contributed by atoms with van der Waals surface area (Å²) in [5.41, 5.74) is 0. The van der Waals surface area contributed by atoms with Crippen molar-refractivity contribution < 1.29 is 0 Å². The van der Waals surface area contributed by atoms with Crippen LogP contribution in [0, 0.1) is 0 Å². The molecule has 0 aromatic heterocycles. The molecule has 1 aliphatic rings. The van der Waals surface area contributed by atoms with Crippen molar-refractivity contribution in [3.63, 3.8) is 0 Å². The Morgan fingerprint density at radius 2 is 2.57 bits per heavy atom. The van der Waals surface area contributed by atoms with E-state index < -0.39 is 0 Å². The maximum Gasteiger partial charge on any atom is 0.107 e. The van der Waals surface area contributed by atoms with Gasteiger partial charge in [0.05, 0.1) is 12.5 Å². The zero-order valence-electron chi connectivity index (χ0n) is 4.20. The Morgan fingerprint density at radius 3 is 2.71 bits per heavy atom. The van der Waals surface area contributed by atoms with Crippen molar-refractivity contribution >= 4 is 7.85 Å². The topological polar surface area (TPSA) is 28.0 Å².